The number of benzene rings is 2. The lowest BCUT2D eigenvalue weighted by atomic mass is 9.83. The SMILES string of the molecule is Cc1ccc2c(c1)-c1c3ccc(C)cc3cc[n+]1C(C)C2C. The van der Waals surface area contributed by atoms with Crippen LogP contribution in [0.1, 0.15) is 42.5 Å². The molecular weight excluding hydrogens is 266 g/mol. The predicted octanol–water partition coefficient (Wildman–Crippen LogP) is 5.09. The molecule has 110 valence electrons. The first-order valence-corrected chi connectivity index (χ1v) is 8.11. The first kappa shape index (κ1) is 13.5. The largest absolute Gasteiger partial charge is 0.220 e. The summed E-state index contributed by atoms with van der Waals surface area (Å²) in [6.07, 6.45) is 2.27. The van der Waals surface area contributed by atoms with Crippen LogP contribution in [0, 0.1) is 13.8 Å². The monoisotopic (exact) mass is 288 g/mol. The van der Waals surface area contributed by atoms with Crippen LogP contribution in [0.3, 0.4) is 0 Å². The quantitative estimate of drug-likeness (QED) is 0.507. The maximum Gasteiger partial charge on any atom is 0.220 e. The molecule has 2 heterocycles. The van der Waals surface area contributed by atoms with E-state index in [-0.39, 0.29) is 0 Å². The molecule has 0 saturated carbocycles. The molecule has 22 heavy (non-hydrogen) atoms. The van der Waals surface area contributed by atoms with Gasteiger partial charge in [0.15, 0.2) is 12.2 Å². The van der Waals surface area contributed by atoms with Crippen LogP contribution >= 0.6 is 0 Å². The van der Waals surface area contributed by atoms with Gasteiger partial charge in [0.1, 0.15) is 0 Å². The highest BCUT2D eigenvalue weighted by Crippen LogP contribution is 2.40. The zero-order valence-corrected chi connectivity index (χ0v) is 13.7. The Bertz CT molecular complexity index is 892. The van der Waals surface area contributed by atoms with Gasteiger partial charge in [-0.15, -0.1) is 0 Å². The highest BCUT2D eigenvalue weighted by Gasteiger charge is 2.35. The summed E-state index contributed by atoms with van der Waals surface area (Å²) in [4.78, 5) is 0. The lowest BCUT2D eigenvalue weighted by Crippen LogP contribution is -2.45. The minimum absolute atomic E-state index is 0.482. The average Bonchev–Trinajstić information content (AvgIpc) is 2.51. The minimum atomic E-state index is 0.482. The summed E-state index contributed by atoms with van der Waals surface area (Å²) in [5.41, 5.74) is 6.91. The van der Waals surface area contributed by atoms with E-state index in [0.717, 1.165) is 0 Å². The van der Waals surface area contributed by atoms with Crippen molar-refractivity contribution in [1.29, 1.82) is 0 Å². The third kappa shape index (κ3) is 1.81. The second-order valence-corrected chi connectivity index (χ2v) is 6.78. The van der Waals surface area contributed by atoms with Crippen molar-refractivity contribution in [2.75, 3.05) is 0 Å². The van der Waals surface area contributed by atoms with Crippen LogP contribution in [-0.4, -0.2) is 0 Å². The Morgan fingerprint density at radius 2 is 1.59 bits per heavy atom. The number of aryl methyl sites for hydroxylation is 2. The second-order valence-electron chi connectivity index (χ2n) is 6.78. The van der Waals surface area contributed by atoms with Crippen LogP contribution in [-0.2, 0) is 0 Å². The standard InChI is InChI=1S/C21H22N/c1-13-6-8-19-17(11-13)9-10-22-16(4)15(3)18-7-5-14(2)12-20(18)21(19)22/h5-12,15-16H,1-4H3/q+1. The van der Waals surface area contributed by atoms with Crippen molar-refractivity contribution in [2.24, 2.45) is 0 Å². The van der Waals surface area contributed by atoms with Gasteiger partial charge in [0.05, 0.1) is 10.9 Å². The Morgan fingerprint density at radius 3 is 2.41 bits per heavy atom. The first-order chi connectivity index (χ1) is 10.6. The molecule has 1 nitrogen and oxygen atoms in total. The van der Waals surface area contributed by atoms with Crippen molar-refractivity contribution in [2.45, 2.75) is 39.7 Å². The van der Waals surface area contributed by atoms with E-state index in [0.29, 0.717) is 12.0 Å². The Kier molecular flexibility index (Phi) is 2.87. The van der Waals surface area contributed by atoms with Crippen molar-refractivity contribution < 1.29 is 4.57 Å². The molecule has 1 heteroatoms. The molecule has 0 fully saturated rings. The maximum absolute atomic E-state index is 2.46. The van der Waals surface area contributed by atoms with Crippen molar-refractivity contribution in [3.8, 4) is 11.3 Å². The fourth-order valence-electron chi connectivity index (χ4n) is 3.81. The zero-order chi connectivity index (χ0) is 15.4. The number of nitrogens with zero attached hydrogens (tertiary/aromatic N) is 1. The normalized spacial score (nSPS) is 19.8. The molecule has 0 bridgehead atoms. The topological polar surface area (TPSA) is 3.88 Å². The molecule has 0 spiro atoms. The van der Waals surface area contributed by atoms with E-state index in [4.69, 9.17) is 0 Å². The van der Waals surface area contributed by atoms with Gasteiger partial charge in [0.25, 0.3) is 0 Å². The highest BCUT2D eigenvalue weighted by molar-refractivity contribution is 5.94. The van der Waals surface area contributed by atoms with Gasteiger partial charge in [-0.3, -0.25) is 0 Å². The van der Waals surface area contributed by atoms with Gasteiger partial charge in [-0.2, -0.15) is 4.57 Å². The molecule has 2 aromatic carbocycles. The summed E-state index contributed by atoms with van der Waals surface area (Å²) in [6.45, 7) is 9.02. The molecular formula is C21H22N+. The molecule has 0 saturated heterocycles. The predicted molar refractivity (Wildman–Crippen MR) is 92.2 cm³/mol. The number of fused-ring (bicyclic) bond motifs is 5. The Hall–Kier alpha value is -2.15. The minimum Gasteiger partial charge on any atom is -0.195 e. The van der Waals surface area contributed by atoms with E-state index in [1.54, 1.807) is 0 Å². The van der Waals surface area contributed by atoms with Gasteiger partial charge in [0, 0.05) is 12.0 Å². The molecule has 1 aliphatic heterocycles. The average molecular weight is 288 g/mol. The van der Waals surface area contributed by atoms with Gasteiger partial charge < -0.3 is 0 Å². The lowest BCUT2D eigenvalue weighted by molar-refractivity contribution is -0.713. The van der Waals surface area contributed by atoms with Crippen LogP contribution in [0.25, 0.3) is 22.0 Å². The van der Waals surface area contributed by atoms with Crippen LogP contribution in [0.4, 0.5) is 0 Å². The first-order valence-electron chi connectivity index (χ1n) is 8.11. The summed E-state index contributed by atoms with van der Waals surface area (Å²) in [6, 6.07) is 16.4. The molecule has 0 aliphatic carbocycles. The molecule has 4 rings (SSSR count). The van der Waals surface area contributed by atoms with Crippen molar-refractivity contribution in [1.82, 2.24) is 0 Å². The maximum atomic E-state index is 2.46. The number of aromatic nitrogens is 1. The van der Waals surface area contributed by atoms with E-state index in [1.807, 2.05) is 0 Å². The summed E-state index contributed by atoms with van der Waals surface area (Å²) >= 11 is 0. The smallest absolute Gasteiger partial charge is 0.195 e. The van der Waals surface area contributed by atoms with Gasteiger partial charge >= 0.3 is 0 Å². The van der Waals surface area contributed by atoms with E-state index in [9.17, 15) is 0 Å². The molecule has 0 N–H and O–H groups in total. The molecule has 0 amide bonds. The summed E-state index contributed by atoms with van der Waals surface area (Å²) in [5, 5.41) is 2.69. The molecule has 1 aromatic heterocycles. The van der Waals surface area contributed by atoms with Crippen LogP contribution in [0.2, 0.25) is 0 Å². The third-order valence-corrected chi connectivity index (χ3v) is 5.25. The summed E-state index contributed by atoms with van der Waals surface area (Å²) in [5.74, 6) is 0.538. The van der Waals surface area contributed by atoms with E-state index in [1.165, 1.54) is 38.7 Å². The van der Waals surface area contributed by atoms with Gasteiger partial charge in [-0.1, -0.05) is 42.3 Å². The third-order valence-electron chi connectivity index (χ3n) is 5.25. The Labute approximate surface area is 132 Å². The van der Waals surface area contributed by atoms with Gasteiger partial charge in [-0.25, -0.2) is 0 Å². The van der Waals surface area contributed by atoms with Crippen LogP contribution in [0.15, 0.2) is 48.7 Å². The van der Waals surface area contributed by atoms with E-state index < -0.39 is 0 Å². The molecule has 0 radical (unpaired) electrons. The van der Waals surface area contributed by atoms with E-state index >= 15 is 0 Å². The van der Waals surface area contributed by atoms with Gasteiger partial charge in [-0.05, 0) is 43.9 Å². The van der Waals surface area contributed by atoms with Crippen molar-refractivity contribution in [3.05, 3.63) is 65.4 Å². The Morgan fingerprint density at radius 1 is 0.864 bits per heavy atom. The highest BCUT2D eigenvalue weighted by atomic mass is 15.0. The fraction of sp³-hybridized carbons (Fsp3) is 0.286. The molecule has 1 aliphatic rings. The number of rotatable bonds is 0. The van der Waals surface area contributed by atoms with Crippen LogP contribution in [0.5, 0.6) is 0 Å². The number of hydrogen-bond acceptors (Lipinski definition) is 0. The lowest BCUT2D eigenvalue weighted by Gasteiger charge is -2.27. The fourth-order valence-corrected chi connectivity index (χ4v) is 3.81. The zero-order valence-electron chi connectivity index (χ0n) is 13.7. The molecule has 2 atom stereocenters. The number of hydrogen-bond donors (Lipinski definition) is 0. The summed E-state index contributed by atoms with van der Waals surface area (Å²) in [7, 11) is 0. The van der Waals surface area contributed by atoms with E-state index in [2.05, 4.69) is 80.9 Å². The van der Waals surface area contributed by atoms with Crippen molar-refractivity contribution in [3.63, 3.8) is 0 Å². The van der Waals surface area contributed by atoms with Crippen LogP contribution < -0.4 is 4.57 Å². The Balaban J connectivity index is 2.14. The molecule has 3 aromatic rings. The second kappa shape index (κ2) is 4.67. The molecule has 2 unspecified atom stereocenters. The van der Waals surface area contributed by atoms with Gasteiger partial charge in [0.2, 0.25) is 5.69 Å². The van der Waals surface area contributed by atoms with Crippen molar-refractivity contribution >= 4 is 10.8 Å². The summed E-state index contributed by atoms with van der Waals surface area (Å²) < 4.78 is 2.46. The number of pyridine rings is 1.